The predicted octanol–water partition coefficient (Wildman–Crippen LogP) is 1.48. The Hall–Kier alpha value is -1.61. The average molecular weight is 191 g/mol. The second-order valence-electron chi connectivity index (χ2n) is 2.99. The minimum absolute atomic E-state index is 0.0141. The highest BCUT2D eigenvalue weighted by Crippen LogP contribution is 2.15. The lowest BCUT2D eigenvalue weighted by Crippen LogP contribution is -1.99. The first-order valence-corrected chi connectivity index (χ1v) is 4.33. The maximum Gasteiger partial charge on any atom is 0.161 e. The lowest BCUT2D eigenvalue weighted by atomic mass is 10.1. The molecule has 3 heteroatoms. The van der Waals surface area contributed by atoms with Gasteiger partial charge in [0.05, 0.1) is 6.61 Å². The Balaban J connectivity index is 3.06. The van der Waals surface area contributed by atoms with E-state index in [1.165, 1.54) is 6.92 Å². The third kappa shape index (κ3) is 2.44. The van der Waals surface area contributed by atoms with E-state index < -0.39 is 0 Å². The monoisotopic (exact) mass is 191 g/mol. The molecule has 0 heterocycles. The van der Waals surface area contributed by atoms with Gasteiger partial charge in [0.15, 0.2) is 5.78 Å². The van der Waals surface area contributed by atoms with Gasteiger partial charge in [-0.1, -0.05) is 18.2 Å². The fourth-order valence-corrected chi connectivity index (χ4v) is 1.17. The van der Waals surface area contributed by atoms with Crippen LogP contribution in [0.3, 0.4) is 0 Å². The second-order valence-corrected chi connectivity index (χ2v) is 2.99. The van der Waals surface area contributed by atoms with Crippen LogP contribution in [-0.2, 0) is 0 Å². The summed E-state index contributed by atoms with van der Waals surface area (Å²) in [6.07, 6.45) is 3.35. The summed E-state index contributed by atoms with van der Waals surface area (Å²) in [5.41, 5.74) is 7.49. The molecule has 0 aliphatic rings. The number of rotatable bonds is 3. The highest BCUT2D eigenvalue weighted by Gasteiger charge is 2.03. The van der Waals surface area contributed by atoms with Crippen molar-refractivity contribution < 1.29 is 9.90 Å². The maximum absolute atomic E-state index is 11.1. The molecule has 0 amide bonds. The first-order chi connectivity index (χ1) is 6.65. The molecule has 74 valence electrons. The number of hydrogen-bond donors (Lipinski definition) is 2. The number of aliphatic hydroxyl groups excluding tert-OH is 1. The molecule has 0 saturated carbocycles. The zero-order valence-electron chi connectivity index (χ0n) is 8.03. The van der Waals surface area contributed by atoms with Crippen LogP contribution in [0.1, 0.15) is 22.8 Å². The zero-order chi connectivity index (χ0) is 10.6. The molecule has 3 nitrogen and oxygen atoms in total. The summed E-state index contributed by atoms with van der Waals surface area (Å²) in [6, 6.07) is 5.20. The number of Topliss-reactive ketones (excluding diaryl/α,β-unsaturated/α-hetero) is 1. The van der Waals surface area contributed by atoms with Gasteiger partial charge in [0.2, 0.25) is 0 Å². The van der Waals surface area contributed by atoms with Gasteiger partial charge < -0.3 is 10.8 Å². The molecule has 3 N–H and O–H groups in total. The summed E-state index contributed by atoms with van der Waals surface area (Å²) in [5, 5.41) is 8.58. The summed E-state index contributed by atoms with van der Waals surface area (Å²) in [5.74, 6) is -0.0539. The van der Waals surface area contributed by atoms with Gasteiger partial charge in [0.25, 0.3) is 0 Å². The third-order valence-electron chi connectivity index (χ3n) is 1.87. The Morgan fingerprint density at radius 2 is 2.29 bits per heavy atom. The molecule has 0 aliphatic carbocycles. The molecule has 0 aromatic heterocycles. The zero-order valence-corrected chi connectivity index (χ0v) is 8.03. The standard InChI is InChI=1S/C11H13NO2/c1-8(14)10-7-9(3-2-6-13)4-5-11(10)12/h2-5,7,13H,6,12H2,1H3. The van der Waals surface area contributed by atoms with Crippen molar-refractivity contribution in [1.29, 1.82) is 0 Å². The van der Waals surface area contributed by atoms with Gasteiger partial charge in [0, 0.05) is 11.3 Å². The van der Waals surface area contributed by atoms with Crippen LogP contribution in [0.4, 0.5) is 5.69 Å². The van der Waals surface area contributed by atoms with Crippen LogP contribution in [0, 0.1) is 0 Å². The van der Waals surface area contributed by atoms with Crippen LogP contribution in [0.15, 0.2) is 24.3 Å². The Morgan fingerprint density at radius 1 is 1.57 bits per heavy atom. The summed E-state index contributed by atoms with van der Waals surface area (Å²) in [6.45, 7) is 1.46. The van der Waals surface area contributed by atoms with Crippen molar-refractivity contribution >= 4 is 17.5 Å². The van der Waals surface area contributed by atoms with Crippen molar-refractivity contribution in [1.82, 2.24) is 0 Å². The van der Waals surface area contributed by atoms with Gasteiger partial charge in [-0.2, -0.15) is 0 Å². The molecule has 1 aromatic carbocycles. The molecule has 0 bridgehead atoms. The van der Waals surface area contributed by atoms with Crippen molar-refractivity contribution in [2.75, 3.05) is 12.3 Å². The largest absolute Gasteiger partial charge is 0.398 e. The molecule has 14 heavy (non-hydrogen) atoms. The van der Waals surface area contributed by atoms with Gasteiger partial charge in [-0.3, -0.25) is 4.79 Å². The summed E-state index contributed by atoms with van der Waals surface area (Å²) in [7, 11) is 0. The Labute approximate surface area is 82.9 Å². The Morgan fingerprint density at radius 3 is 2.86 bits per heavy atom. The van der Waals surface area contributed by atoms with E-state index in [0.29, 0.717) is 11.3 Å². The number of ketones is 1. The van der Waals surface area contributed by atoms with Gasteiger partial charge in [-0.05, 0) is 24.6 Å². The van der Waals surface area contributed by atoms with E-state index in [1.54, 1.807) is 30.4 Å². The van der Waals surface area contributed by atoms with Crippen LogP contribution in [0.25, 0.3) is 6.08 Å². The minimum atomic E-state index is -0.0539. The van der Waals surface area contributed by atoms with E-state index in [4.69, 9.17) is 10.8 Å². The van der Waals surface area contributed by atoms with Crippen LogP contribution in [0.5, 0.6) is 0 Å². The fraction of sp³-hybridized carbons (Fsp3) is 0.182. The van der Waals surface area contributed by atoms with E-state index in [-0.39, 0.29) is 12.4 Å². The summed E-state index contributed by atoms with van der Waals surface area (Å²) in [4.78, 5) is 11.1. The number of nitrogen functional groups attached to an aromatic ring is 1. The normalized spacial score (nSPS) is 10.7. The van der Waals surface area contributed by atoms with Crippen molar-refractivity contribution in [3.05, 3.63) is 35.4 Å². The first-order valence-electron chi connectivity index (χ1n) is 4.33. The number of aliphatic hydroxyl groups is 1. The van der Waals surface area contributed by atoms with Crippen LogP contribution in [-0.4, -0.2) is 17.5 Å². The van der Waals surface area contributed by atoms with Gasteiger partial charge in [-0.15, -0.1) is 0 Å². The molecule has 1 aromatic rings. The van der Waals surface area contributed by atoms with Crippen molar-refractivity contribution in [2.45, 2.75) is 6.92 Å². The van der Waals surface area contributed by atoms with E-state index in [2.05, 4.69) is 0 Å². The highest BCUT2D eigenvalue weighted by molar-refractivity contribution is 5.99. The first kappa shape index (κ1) is 10.5. The topological polar surface area (TPSA) is 63.3 Å². The smallest absolute Gasteiger partial charge is 0.161 e. The summed E-state index contributed by atoms with van der Waals surface area (Å²) < 4.78 is 0. The molecular weight excluding hydrogens is 178 g/mol. The molecule has 0 unspecified atom stereocenters. The molecule has 0 saturated heterocycles. The highest BCUT2D eigenvalue weighted by atomic mass is 16.2. The predicted molar refractivity (Wildman–Crippen MR) is 57.0 cm³/mol. The van der Waals surface area contributed by atoms with Crippen LogP contribution < -0.4 is 5.73 Å². The molecule has 0 atom stereocenters. The molecule has 0 spiro atoms. The lowest BCUT2D eigenvalue weighted by Gasteiger charge is -2.02. The molecule has 0 fully saturated rings. The van der Waals surface area contributed by atoms with Gasteiger partial charge in [-0.25, -0.2) is 0 Å². The van der Waals surface area contributed by atoms with Crippen molar-refractivity contribution in [3.8, 4) is 0 Å². The van der Waals surface area contributed by atoms with E-state index in [0.717, 1.165) is 5.56 Å². The van der Waals surface area contributed by atoms with Gasteiger partial charge >= 0.3 is 0 Å². The number of hydrogen-bond acceptors (Lipinski definition) is 3. The van der Waals surface area contributed by atoms with E-state index >= 15 is 0 Å². The summed E-state index contributed by atoms with van der Waals surface area (Å²) >= 11 is 0. The Kier molecular flexibility index (Phi) is 3.42. The van der Waals surface area contributed by atoms with Crippen LogP contribution in [0.2, 0.25) is 0 Å². The average Bonchev–Trinajstić information content (AvgIpc) is 2.16. The number of nitrogens with two attached hydrogens (primary N) is 1. The quantitative estimate of drug-likeness (QED) is 0.561. The van der Waals surface area contributed by atoms with Crippen LogP contribution >= 0.6 is 0 Å². The van der Waals surface area contributed by atoms with E-state index in [1.807, 2.05) is 0 Å². The second kappa shape index (κ2) is 4.58. The number of benzene rings is 1. The lowest BCUT2D eigenvalue weighted by molar-refractivity contribution is 0.101. The number of carbonyl (C=O) groups excluding carboxylic acids is 1. The maximum atomic E-state index is 11.1. The molecule has 1 rings (SSSR count). The minimum Gasteiger partial charge on any atom is -0.398 e. The SMILES string of the molecule is CC(=O)c1cc(C=CCO)ccc1N. The van der Waals surface area contributed by atoms with Crippen molar-refractivity contribution in [3.63, 3.8) is 0 Å². The fourth-order valence-electron chi connectivity index (χ4n) is 1.17. The molecule has 0 aliphatic heterocycles. The number of anilines is 1. The number of carbonyl (C=O) groups is 1. The molecule has 0 radical (unpaired) electrons. The third-order valence-corrected chi connectivity index (χ3v) is 1.87. The van der Waals surface area contributed by atoms with Crippen molar-refractivity contribution in [2.24, 2.45) is 0 Å². The van der Waals surface area contributed by atoms with E-state index in [9.17, 15) is 4.79 Å². The Bertz CT molecular complexity index is 370. The molecular formula is C11H13NO2. The van der Waals surface area contributed by atoms with Gasteiger partial charge in [0.1, 0.15) is 0 Å².